The molecule has 6 rings (SSSR count). The number of hydrogen-bond donors (Lipinski definition) is 0. The molecule has 1 amide bonds. The van der Waals surface area contributed by atoms with Crippen molar-refractivity contribution in [3.05, 3.63) is 66.0 Å². The molecule has 0 radical (unpaired) electrons. The number of benzene rings is 2. The fourth-order valence-corrected chi connectivity index (χ4v) is 7.86. The van der Waals surface area contributed by atoms with Gasteiger partial charge in [-0.05, 0) is 81.5 Å². The number of fused-ring (bicyclic) bond motifs is 3. The van der Waals surface area contributed by atoms with Crippen LogP contribution in [0.5, 0.6) is 0 Å². The molecule has 1 unspecified atom stereocenters. The van der Waals surface area contributed by atoms with Crippen LogP contribution in [0.3, 0.4) is 0 Å². The van der Waals surface area contributed by atoms with Gasteiger partial charge >= 0.3 is 6.18 Å². The van der Waals surface area contributed by atoms with E-state index in [1.807, 2.05) is 6.07 Å². The molecule has 3 aliphatic rings. The molecule has 4 heterocycles. The van der Waals surface area contributed by atoms with E-state index in [0.29, 0.717) is 31.2 Å². The Hall–Kier alpha value is -2.87. The predicted molar refractivity (Wildman–Crippen MR) is 150 cm³/mol. The first-order valence-corrected chi connectivity index (χ1v) is 14.8. The molecule has 3 atom stereocenters. The Labute approximate surface area is 234 Å². The molecule has 2 aromatic carbocycles. The van der Waals surface area contributed by atoms with Crippen molar-refractivity contribution in [1.29, 1.82) is 0 Å². The van der Waals surface area contributed by atoms with E-state index < -0.39 is 19.0 Å². The molecule has 5 nitrogen and oxygen atoms in total. The first-order valence-electron chi connectivity index (χ1n) is 14.8. The van der Waals surface area contributed by atoms with Crippen molar-refractivity contribution in [3.8, 4) is 0 Å². The number of alkyl halides is 3. The minimum Gasteiger partial charge on any atom is -0.343 e. The summed E-state index contributed by atoms with van der Waals surface area (Å²) in [5, 5.41) is 0. The molecule has 0 N–H and O–H groups in total. The van der Waals surface area contributed by atoms with Crippen LogP contribution in [-0.4, -0.2) is 63.2 Å². The number of rotatable bonds is 7. The summed E-state index contributed by atoms with van der Waals surface area (Å²) in [4.78, 5) is 21.8. The summed E-state index contributed by atoms with van der Waals surface area (Å²) in [5.41, 5.74) is 3.54. The van der Waals surface area contributed by atoms with Crippen molar-refractivity contribution in [3.63, 3.8) is 0 Å². The van der Waals surface area contributed by atoms with E-state index in [4.69, 9.17) is 4.98 Å². The number of para-hydroxylation sites is 2. The number of hydrogen-bond acceptors (Lipinski definition) is 3. The van der Waals surface area contributed by atoms with Gasteiger partial charge in [-0.2, -0.15) is 13.2 Å². The first-order chi connectivity index (χ1) is 19.2. The lowest BCUT2D eigenvalue weighted by atomic mass is 9.70. The zero-order valence-electron chi connectivity index (χ0n) is 23.2. The third kappa shape index (κ3) is 5.39. The quantitative estimate of drug-likeness (QED) is 0.324. The van der Waals surface area contributed by atoms with Crippen molar-refractivity contribution < 1.29 is 18.0 Å². The van der Waals surface area contributed by atoms with Crippen LogP contribution >= 0.6 is 0 Å². The van der Waals surface area contributed by atoms with Gasteiger partial charge in [-0.25, -0.2) is 4.98 Å². The van der Waals surface area contributed by atoms with E-state index in [9.17, 15) is 18.0 Å². The van der Waals surface area contributed by atoms with E-state index in [2.05, 4.69) is 64.9 Å². The van der Waals surface area contributed by atoms with Crippen LogP contribution in [0.2, 0.25) is 0 Å². The fraction of sp³-hybridized carbons (Fsp3) is 0.562. The highest BCUT2D eigenvalue weighted by molar-refractivity contribution is 5.76. The van der Waals surface area contributed by atoms with Gasteiger partial charge in [0.15, 0.2) is 0 Å². The lowest BCUT2D eigenvalue weighted by Gasteiger charge is -2.45. The van der Waals surface area contributed by atoms with Gasteiger partial charge < -0.3 is 9.47 Å². The molecule has 0 spiro atoms. The maximum Gasteiger partial charge on any atom is 0.389 e. The Morgan fingerprint density at radius 3 is 2.27 bits per heavy atom. The van der Waals surface area contributed by atoms with Gasteiger partial charge in [-0.15, -0.1) is 0 Å². The van der Waals surface area contributed by atoms with Gasteiger partial charge in [-0.3, -0.25) is 9.69 Å². The molecule has 40 heavy (non-hydrogen) atoms. The number of carbonyl (C=O) groups excluding carboxylic acids is 1. The molecule has 3 aliphatic heterocycles. The molecule has 3 fully saturated rings. The fourth-order valence-electron chi connectivity index (χ4n) is 7.86. The van der Waals surface area contributed by atoms with Crippen LogP contribution in [0.15, 0.2) is 54.6 Å². The summed E-state index contributed by atoms with van der Waals surface area (Å²) in [6.07, 6.45) is 1.53. The van der Waals surface area contributed by atoms with Crippen molar-refractivity contribution in [2.45, 2.75) is 94.4 Å². The lowest BCUT2D eigenvalue weighted by Crippen LogP contribution is -2.49. The third-order valence-corrected chi connectivity index (χ3v) is 9.93. The van der Waals surface area contributed by atoms with Gasteiger partial charge in [0, 0.05) is 37.6 Å². The summed E-state index contributed by atoms with van der Waals surface area (Å²) in [6, 6.07) is 20.6. The number of halogens is 3. The van der Waals surface area contributed by atoms with E-state index in [-0.39, 0.29) is 11.3 Å². The van der Waals surface area contributed by atoms with Crippen LogP contribution in [0.1, 0.15) is 75.2 Å². The predicted octanol–water partition coefficient (Wildman–Crippen LogP) is 6.81. The van der Waals surface area contributed by atoms with Crippen LogP contribution in [0, 0.1) is 6.92 Å². The minimum atomic E-state index is -4.30. The zero-order chi connectivity index (χ0) is 27.9. The van der Waals surface area contributed by atoms with Crippen LogP contribution in [-0.2, 0) is 10.2 Å². The smallest absolute Gasteiger partial charge is 0.343 e. The largest absolute Gasteiger partial charge is 0.389 e. The molecular weight excluding hydrogens is 513 g/mol. The van der Waals surface area contributed by atoms with Gasteiger partial charge in [0.2, 0.25) is 5.91 Å². The SMILES string of the molecule is Cc1nc2ccccc2n1C1C[C@H]2CC[C@@H](C1)N2CCC1(c2ccccc2)CCN(C(=O)CCC(F)(F)F)CC1. The second kappa shape index (κ2) is 10.8. The molecule has 1 aromatic heterocycles. The Morgan fingerprint density at radius 1 is 0.950 bits per heavy atom. The summed E-state index contributed by atoms with van der Waals surface area (Å²) >= 11 is 0. The topological polar surface area (TPSA) is 41.4 Å². The van der Waals surface area contributed by atoms with Crippen molar-refractivity contribution in [2.24, 2.45) is 0 Å². The summed E-state index contributed by atoms with van der Waals surface area (Å²) in [6.45, 7) is 4.18. The number of aromatic nitrogens is 2. The second-order valence-corrected chi connectivity index (χ2v) is 12.2. The van der Waals surface area contributed by atoms with Crippen LogP contribution < -0.4 is 0 Å². The van der Waals surface area contributed by atoms with Crippen LogP contribution in [0.25, 0.3) is 11.0 Å². The number of piperidine rings is 2. The average molecular weight is 553 g/mol. The number of likely N-dealkylation sites (tertiary alicyclic amines) is 1. The molecule has 3 saturated heterocycles. The van der Waals surface area contributed by atoms with E-state index in [1.165, 1.54) is 23.9 Å². The number of nitrogens with zero attached hydrogens (tertiary/aromatic N) is 4. The minimum absolute atomic E-state index is 0.0600. The number of amides is 1. The molecule has 3 aromatic rings. The maximum atomic E-state index is 12.7. The summed E-state index contributed by atoms with van der Waals surface area (Å²) in [7, 11) is 0. The summed E-state index contributed by atoms with van der Waals surface area (Å²) in [5.74, 6) is 0.722. The van der Waals surface area contributed by atoms with E-state index in [1.54, 1.807) is 4.90 Å². The molecule has 8 heteroatoms. The highest BCUT2D eigenvalue weighted by atomic mass is 19.4. The standard InChI is InChI=1S/C32H39F3N4O/c1-23-36-28-9-5-6-10-29(28)39(23)27-21-25-11-12-26(22-27)38(25)20-17-31(24-7-3-2-4-8-24)15-18-37(19-16-31)30(40)13-14-32(33,34)35/h2-10,25-27H,11-22H2,1H3/t25-,26+,27?. The van der Waals surface area contributed by atoms with Crippen molar-refractivity contribution >= 4 is 16.9 Å². The van der Waals surface area contributed by atoms with Gasteiger partial charge in [-0.1, -0.05) is 42.5 Å². The second-order valence-electron chi connectivity index (χ2n) is 12.2. The Kier molecular flexibility index (Phi) is 7.40. The molecule has 2 bridgehead atoms. The Balaban J connectivity index is 1.14. The van der Waals surface area contributed by atoms with Crippen LogP contribution in [0.4, 0.5) is 13.2 Å². The maximum absolute atomic E-state index is 12.7. The number of carbonyl (C=O) groups is 1. The first kappa shape index (κ1) is 27.3. The molecular formula is C32H39F3N4O. The average Bonchev–Trinajstić information content (AvgIpc) is 3.41. The molecule has 0 saturated carbocycles. The number of imidazole rings is 1. The Bertz CT molecular complexity index is 1310. The number of aryl methyl sites for hydroxylation is 1. The van der Waals surface area contributed by atoms with E-state index in [0.717, 1.165) is 50.0 Å². The normalized spacial score (nSPS) is 25.0. The summed E-state index contributed by atoms with van der Waals surface area (Å²) < 4.78 is 40.5. The van der Waals surface area contributed by atoms with Crippen molar-refractivity contribution in [2.75, 3.05) is 19.6 Å². The highest BCUT2D eigenvalue weighted by Gasteiger charge is 2.44. The van der Waals surface area contributed by atoms with Crippen molar-refractivity contribution in [1.82, 2.24) is 19.4 Å². The van der Waals surface area contributed by atoms with Gasteiger partial charge in [0.05, 0.1) is 17.5 Å². The monoisotopic (exact) mass is 552 g/mol. The third-order valence-electron chi connectivity index (χ3n) is 9.93. The van der Waals surface area contributed by atoms with E-state index >= 15 is 0 Å². The molecule has 214 valence electrons. The van der Waals surface area contributed by atoms with Gasteiger partial charge in [0.25, 0.3) is 0 Å². The van der Waals surface area contributed by atoms with Gasteiger partial charge in [0.1, 0.15) is 5.82 Å². The lowest BCUT2D eigenvalue weighted by molar-refractivity contribution is -0.150. The zero-order valence-corrected chi connectivity index (χ0v) is 23.2. The highest BCUT2D eigenvalue weighted by Crippen LogP contribution is 2.45. The molecule has 0 aliphatic carbocycles. The Morgan fingerprint density at radius 2 is 1.60 bits per heavy atom.